The summed E-state index contributed by atoms with van der Waals surface area (Å²) < 4.78 is 13.1. The van der Waals surface area contributed by atoms with Crippen molar-refractivity contribution in [2.75, 3.05) is 0 Å². The number of nitrogens with one attached hydrogen (secondary N) is 1. The van der Waals surface area contributed by atoms with Crippen LogP contribution in [0.5, 0.6) is 0 Å². The van der Waals surface area contributed by atoms with Gasteiger partial charge in [0.1, 0.15) is 5.82 Å². The van der Waals surface area contributed by atoms with E-state index in [1.807, 2.05) is 6.92 Å². The zero-order valence-electron chi connectivity index (χ0n) is 10.6. The maximum Gasteiger partial charge on any atom is 0.222 e. The Morgan fingerprint density at radius 2 is 2.28 bits per heavy atom. The standard InChI is InChI=1S/C14H19FN2O/c1-10(11-4-2-5-12(15)8-11)17-13(18)9-14(16)6-3-7-14/h2,4-5,8,10H,3,6-7,9,16H2,1H3,(H,17,18)/t10-/m1/s1. The molecule has 98 valence electrons. The first-order chi connectivity index (χ1) is 8.48. The van der Waals surface area contributed by atoms with Gasteiger partial charge in [-0.15, -0.1) is 0 Å². The number of hydrogen-bond acceptors (Lipinski definition) is 2. The number of rotatable bonds is 4. The van der Waals surface area contributed by atoms with Crippen LogP contribution in [-0.4, -0.2) is 11.4 Å². The fraction of sp³-hybridized carbons (Fsp3) is 0.500. The number of benzene rings is 1. The lowest BCUT2D eigenvalue weighted by atomic mass is 9.75. The van der Waals surface area contributed by atoms with Gasteiger partial charge in [0.15, 0.2) is 0 Å². The van der Waals surface area contributed by atoms with Crippen molar-refractivity contribution in [3.63, 3.8) is 0 Å². The average molecular weight is 250 g/mol. The molecule has 1 amide bonds. The molecule has 0 spiro atoms. The van der Waals surface area contributed by atoms with Crippen molar-refractivity contribution in [3.8, 4) is 0 Å². The van der Waals surface area contributed by atoms with Crippen molar-refractivity contribution in [1.29, 1.82) is 0 Å². The maximum absolute atomic E-state index is 13.1. The van der Waals surface area contributed by atoms with Gasteiger partial charge in [-0.2, -0.15) is 0 Å². The molecule has 3 N–H and O–H groups in total. The molecule has 0 aromatic heterocycles. The molecule has 2 rings (SSSR count). The monoisotopic (exact) mass is 250 g/mol. The first-order valence-corrected chi connectivity index (χ1v) is 6.32. The number of halogens is 1. The summed E-state index contributed by atoms with van der Waals surface area (Å²) in [6.45, 7) is 1.84. The van der Waals surface area contributed by atoms with Crippen molar-refractivity contribution in [2.24, 2.45) is 5.73 Å². The second kappa shape index (κ2) is 5.06. The Morgan fingerprint density at radius 1 is 1.56 bits per heavy atom. The highest BCUT2D eigenvalue weighted by Gasteiger charge is 2.34. The van der Waals surface area contributed by atoms with E-state index in [0.29, 0.717) is 6.42 Å². The van der Waals surface area contributed by atoms with Gasteiger partial charge in [-0.05, 0) is 43.9 Å². The van der Waals surface area contributed by atoms with Crippen LogP contribution >= 0.6 is 0 Å². The Balaban J connectivity index is 1.90. The van der Waals surface area contributed by atoms with Crippen LogP contribution in [0.15, 0.2) is 24.3 Å². The summed E-state index contributed by atoms with van der Waals surface area (Å²) in [5, 5.41) is 2.86. The molecule has 3 nitrogen and oxygen atoms in total. The zero-order valence-corrected chi connectivity index (χ0v) is 10.6. The van der Waals surface area contributed by atoms with E-state index in [1.54, 1.807) is 12.1 Å². The van der Waals surface area contributed by atoms with Crippen LogP contribution in [0.1, 0.15) is 44.2 Å². The topological polar surface area (TPSA) is 55.1 Å². The Bertz CT molecular complexity index is 443. The minimum atomic E-state index is -0.314. The third kappa shape index (κ3) is 3.07. The van der Waals surface area contributed by atoms with Crippen LogP contribution in [0.3, 0.4) is 0 Å². The Morgan fingerprint density at radius 3 is 2.83 bits per heavy atom. The largest absolute Gasteiger partial charge is 0.350 e. The second-order valence-electron chi connectivity index (χ2n) is 5.24. The smallest absolute Gasteiger partial charge is 0.222 e. The van der Waals surface area contributed by atoms with Crippen LogP contribution in [0.25, 0.3) is 0 Å². The molecule has 0 unspecified atom stereocenters. The van der Waals surface area contributed by atoms with E-state index in [9.17, 15) is 9.18 Å². The van der Waals surface area contributed by atoms with Crippen molar-refractivity contribution in [2.45, 2.75) is 44.2 Å². The van der Waals surface area contributed by atoms with Crippen molar-refractivity contribution >= 4 is 5.91 Å². The molecule has 4 heteroatoms. The van der Waals surface area contributed by atoms with Crippen LogP contribution < -0.4 is 11.1 Å². The molecular formula is C14H19FN2O. The average Bonchev–Trinajstić information content (AvgIpc) is 2.26. The Labute approximate surface area is 107 Å². The lowest BCUT2D eigenvalue weighted by Gasteiger charge is -2.37. The molecule has 1 aromatic rings. The van der Waals surface area contributed by atoms with Gasteiger partial charge >= 0.3 is 0 Å². The highest BCUT2D eigenvalue weighted by atomic mass is 19.1. The van der Waals surface area contributed by atoms with Gasteiger partial charge in [0.25, 0.3) is 0 Å². The first-order valence-electron chi connectivity index (χ1n) is 6.32. The lowest BCUT2D eigenvalue weighted by molar-refractivity contribution is -0.123. The van der Waals surface area contributed by atoms with Crippen molar-refractivity contribution in [1.82, 2.24) is 5.32 Å². The molecule has 0 saturated heterocycles. The van der Waals surface area contributed by atoms with E-state index in [-0.39, 0.29) is 23.3 Å². The molecule has 0 bridgehead atoms. The van der Waals surface area contributed by atoms with Gasteiger partial charge in [0.2, 0.25) is 5.91 Å². The van der Waals surface area contributed by atoms with Crippen LogP contribution in [0, 0.1) is 5.82 Å². The minimum Gasteiger partial charge on any atom is -0.350 e. The molecule has 0 radical (unpaired) electrons. The van der Waals surface area contributed by atoms with Gasteiger partial charge in [-0.3, -0.25) is 4.79 Å². The third-order valence-electron chi connectivity index (χ3n) is 3.59. The van der Waals surface area contributed by atoms with Crippen molar-refractivity contribution in [3.05, 3.63) is 35.6 Å². The Hall–Kier alpha value is -1.42. The van der Waals surface area contributed by atoms with Gasteiger partial charge in [0, 0.05) is 12.0 Å². The van der Waals surface area contributed by atoms with Gasteiger partial charge < -0.3 is 11.1 Å². The van der Waals surface area contributed by atoms with E-state index >= 15 is 0 Å². The van der Waals surface area contributed by atoms with E-state index in [1.165, 1.54) is 12.1 Å². The zero-order chi connectivity index (χ0) is 13.2. The van der Waals surface area contributed by atoms with Crippen LogP contribution in [0.2, 0.25) is 0 Å². The normalized spacial score (nSPS) is 18.8. The summed E-state index contributed by atoms with van der Waals surface area (Å²) in [5.74, 6) is -0.350. The Kier molecular flexibility index (Phi) is 3.66. The summed E-state index contributed by atoms with van der Waals surface area (Å²) in [4.78, 5) is 11.8. The van der Waals surface area contributed by atoms with E-state index in [4.69, 9.17) is 5.73 Å². The summed E-state index contributed by atoms with van der Waals surface area (Å²) in [5.41, 5.74) is 6.47. The summed E-state index contributed by atoms with van der Waals surface area (Å²) in [6.07, 6.45) is 3.28. The van der Waals surface area contributed by atoms with Crippen LogP contribution in [0.4, 0.5) is 4.39 Å². The number of carbonyl (C=O) groups is 1. The SMILES string of the molecule is C[C@@H](NC(=O)CC1(N)CCC1)c1cccc(F)c1. The van der Waals surface area contributed by atoms with E-state index in [0.717, 1.165) is 24.8 Å². The molecule has 1 aliphatic carbocycles. The van der Waals surface area contributed by atoms with Gasteiger partial charge in [-0.1, -0.05) is 12.1 Å². The highest BCUT2D eigenvalue weighted by molar-refractivity contribution is 5.77. The predicted molar refractivity (Wildman–Crippen MR) is 68.3 cm³/mol. The molecule has 1 saturated carbocycles. The summed E-state index contributed by atoms with van der Waals surface area (Å²) in [6, 6.07) is 6.07. The molecule has 1 fully saturated rings. The molecule has 18 heavy (non-hydrogen) atoms. The minimum absolute atomic E-state index is 0.0611. The fourth-order valence-electron chi connectivity index (χ4n) is 2.28. The van der Waals surface area contributed by atoms with E-state index < -0.39 is 0 Å². The van der Waals surface area contributed by atoms with E-state index in [2.05, 4.69) is 5.32 Å². The molecule has 0 heterocycles. The molecule has 1 aliphatic rings. The van der Waals surface area contributed by atoms with Gasteiger partial charge in [-0.25, -0.2) is 4.39 Å². The van der Waals surface area contributed by atoms with Gasteiger partial charge in [0.05, 0.1) is 6.04 Å². The fourth-order valence-corrected chi connectivity index (χ4v) is 2.28. The molecule has 1 aromatic carbocycles. The molecular weight excluding hydrogens is 231 g/mol. The number of carbonyl (C=O) groups excluding carboxylic acids is 1. The van der Waals surface area contributed by atoms with Crippen molar-refractivity contribution < 1.29 is 9.18 Å². The summed E-state index contributed by atoms with van der Waals surface area (Å²) >= 11 is 0. The number of nitrogens with two attached hydrogens (primary N) is 1. The highest BCUT2D eigenvalue weighted by Crippen LogP contribution is 2.32. The first kappa shape index (κ1) is 13.0. The second-order valence-corrected chi connectivity index (χ2v) is 5.24. The molecule has 0 aliphatic heterocycles. The lowest BCUT2D eigenvalue weighted by Crippen LogP contribution is -2.50. The number of amides is 1. The number of hydrogen-bond donors (Lipinski definition) is 2. The quantitative estimate of drug-likeness (QED) is 0.861. The van der Waals surface area contributed by atoms with Crippen LogP contribution in [-0.2, 0) is 4.79 Å². The predicted octanol–water partition coefficient (Wildman–Crippen LogP) is 2.27. The maximum atomic E-state index is 13.1. The third-order valence-corrected chi connectivity index (χ3v) is 3.59. The molecule has 1 atom stereocenters. The summed E-state index contributed by atoms with van der Waals surface area (Å²) in [7, 11) is 0.